The van der Waals surface area contributed by atoms with Gasteiger partial charge in [0.25, 0.3) is 11.8 Å². The van der Waals surface area contributed by atoms with Gasteiger partial charge in [0.2, 0.25) is 0 Å². The van der Waals surface area contributed by atoms with Gasteiger partial charge in [-0.2, -0.15) is 0 Å². The highest BCUT2D eigenvalue weighted by molar-refractivity contribution is 9.10. The number of nitrogens with zero attached hydrogens (tertiary/aromatic N) is 2. The maximum absolute atomic E-state index is 12.9. The molecule has 1 saturated heterocycles. The Morgan fingerprint density at radius 3 is 2.86 bits per heavy atom. The lowest BCUT2D eigenvalue weighted by molar-refractivity contribution is 0.0582. The van der Waals surface area contributed by atoms with Crippen LogP contribution >= 0.6 is 15.9 Å². The quantitative estimate of drug-likeness (QED) is 0.774. The predicted molar refractivity (Wildman–Crippen MR) is 113 cm³/mol. The van der Waals surface area contributed by atoms with Gasteiger partial charge in [-0.1, -0.05) is 28.1 Å². The summed E-state index contributed by atoms with van der Waals surface area (Å²) in [5.41, 5.74) is 3.20. The molecule has 1 N–H and O–H groups in total. The molecule has 1 atom stereocenters. The van der Waals surface area contributed by atoms with Crippen molar-refractivity contribution in [2.75, 3.05) is 18.0 Å². The average molecular weight is 442 g/mol. The van der Waals surface area contributed by atoms with Gasteiger partial charge < -0.3 is 15.1 Å². The highest BCUT2D eigenvalue weighted by Crippen LogP contribution is 2.35. The van der Waals surface area contributed by atoms with Gasteiger partial charge >= 0.3 is 0 Å². The molecule has 1 fully saturated rings. The number of anilines is 1. The van der Waals surface area contributed by atoms with Crippen LogP contribution < -0.4 is 10.2 Å². The minimum atomic E-state index is -0.127. The summed E-state index contributed by atoms with van der Waals surface area (Å²) in [6.45, 7) is 4.19. The number of fused-ring (bicyclic) bond motifs is 2. The molecule has 2 aromatic rings. The fraction of sp³-hybridized carbons (Fsp3) is 0.364. The van der Waals surface area contributed by atoms with Gasteiger partial charge in [-0.3, -0.25) is 9.59 Å². The van der Waals surface area contributed by atoms with Crippen molar-refractivity contribution in [1.29, 1.82) is 0 Å². The number of hydrogen-bond donors (Lipinski definition) is 1. The molecular weight excluding hydrogens is 418 g/mol. The fourth-order valence-corrected chi connectivity index (χ4v) is 4.64. The molecule has 2 aromatic carbocycles. The molecule has 146 valence electrons. The lowest BCUT2D eigenvalue weighted by atomic mass is 9.97. The number of benzene rings is 2. The lowest BCUT2D eigenvalue weighted by Crippen LogP contribution is -2.57. The molecular formula is C22H24BrN3O2. The van der Waals surface area contributed by atoms with E-state index in [1.807, 2.05) is 35.2 Å². The zero-order valence-electron chi connectivity index (χ0n) is 16.0. The van der Waals surface area contributed by atoms with E-state index in [-0.39, 0.29) is 18.0 Å². The highest BCUT2D eigenvalue weighted by atomic mass is 79.9. The van der Waals surface area contributed by atoms with E-state index >= 15 is 0 Å². The topological polar surface area (TPSA) is 52.7 Å². The van der Waals surface area contributed by atoms with Crippen LogP contribution in [0.2, 0.25) is 0 Å². The van der Waals surface area contributed by atoms with Gasteiger partial charge in [-0.25, -0.2) is 0 Å². The van der Waals surface area contributed by atoms with E-state index in [1.54, 1.807) is 12.1 Å². The zero-order chi connectivity index (χ0) is 19.7. The smallest absolute Gasteiger partial charge is 0.257 e. The van der Waals surface area contributed by atoms with Crippen molar-refractivity contribution in [3.8, 4) is 0 Å². The van der Waals surface area contributed by atoms with Crippen molar-refractivity contribution in [2.24, 2.45) is 0 Å². The molecule has 0 bridgehead atoms. The predicted octanol–water partition coefficient (Wildman–Crippen LogP) is 4.17. The first kappa shape index (κ1) is 19.0. The van der Waals surface area contributed by atoms with Crippen LogP contribution in [0.25, 0.3) is 0 Å². The Hall–Kier alpha value is -2.34. The molecule has 0 saturated carbocycles. The normalized spacial score (nSPS) is 18.5. The summed E-state index contributed by atoms with van der Waals surface area (Å²) in [6.07, 6.45) is 3.29. The number of halogens is 1. The summed E-state index contributed by atoms with van der Waals surface area (Å²) in [5.74, 6) is -0.0390. The van der Waals surface area contributed by atoms with Gasteiger partial charge in [0, 0.05) is 29.7 Å². The fourth-order valence-electron chi connectivity index (χ4n) is 4.19. The van der Waals surface area contributed by atoms with E-state index in [0.717, 1.165) is 48.1 Å². The maximum atomic E-state index is 12.9. The van der Waals surface area contributed by atoms with Gasteiger partial charge in [-0.05, 0) is 62.1 Å². The van der Waals surface area contributed by atoms with Crippen molar-refractivity contribution in [3.05, 3.63) is 63.6 Å². The number of amides is 2. The van der Waals surface area contributed by atoms with Crippen LogP contribution in [-0.4, -0.2) is 36.0 Å². The summed E-state index contributed by atoms with van der Waals surface area (Å²) in [5, 5.41) is 2.98. The Morgan fingerprint density at radius 2 is 2.07 bits per heavy atom. The van der Waals surface area contributed by atoms with E-state index in [0.29, 0.717) is 17.7 Å². The molecule has 0 aromatic heterocycles. The largest absolute Gasteiger partial charge is 0.351 e. The number of carbonyl (C=O) groups is 2. The summed E-state index contributed by atoms with van der Waals surface area (Å²) in [7, 11) is 0. The van der Waals surface area contributed by atoms with E-state index in [2.05, 4.69) is 33.1 Å². The second-order valence-corrected chi connectivity index (χ2v) is 8.22. The van der Waals surface area contributed by atoms with E-state index in [9.17, 15) is 9.59 Å². The molecule has 4 rings (SSSR count). The number of rotatable bonds is 4. The van der Waals surface area contributed by atoms with Crippen LogP contribution in [0.5, 0.6) is 0 Å². The third-order valence-corrected chi connectivity index (χ3v) is 6.07. The molecule has 0 aliphatic carbocycles. The molecule has 2 aliphatic heterocycles. The van der Waals surface area contributed by atoms with Crippen LogP contribution in [0.1, 0.15) is 52.5 Å². The second kappa shape index (κ2) is 7.95. The summed E-state index contributed by atoms with van der Waals surface area (Å²) in [6, 6.07) is 13.3. The molecule has 2 heterocycles. The molecule has 5 nitrogen and oxygen atoms in total. The molecule has 28 heavy (non-hydrogen) atoms. The van der Waals surface area contributed by atoms with E-state index in [1.165, 1.54) is 0 Å². The van der Waals surface area contributed by atoms with Crippen molar-refractivity contribution in [2.45, 2.75) is 38.9 Å². The first-order valence-electron chi connectivity index (χ1n) is 9.83. The Kier molecular flexibility index (Phi) is 5.40. The monoisotopic (exact) mass is 441 g/mol. The maximum Gasteiger partial charge on any atom is 0.257 e. The first-order chi connectivity index (χ1) is 13.6. The third kappa shape index (κ3) is 3.53. The Bertz CT molecular complexity index is 914. The number of piperidine rings is 1. The Morgan fingerprint density at radius 1 is 1.21 bits per heavy atom. The summed E-state index contributed by atoms with van der Waals surface area (Å²) in [4.78, 5) is 29.9. The lowest BCUT2D eigenvalue weighted by Gasteiger charge is -2.47. The van der Waals surface area contributed by atoms with Crippen molar-refractivity contribution in [1.82, 2.24) is 10.2 Å². The average Bonchev–Trinajstić information content (AvgIpc) is 2.72. The SMILES string of the molecule is CCN1c2cc(C(=O)NCc3cccc(Br)c3)ccc2C(=O)N2CCCCC21. The molecule has 1 unspecified atom stereocenters. The van der Waals surface area contributed by atoms with Crippen LogP contribution in [0, 0.1) is 0 Å². The van der Waals surface area contributed by atoms with Crippen LogP contribution in [-0.2, 0) is 6.54 Å². The Labute approximate surface area is 173 Å². The van der Waals surface area contributed by atoms with Crippen molar-refractivity contribution >= 4 is 33.4 Å². The molecule has 2 amide bonds. The highest BCUT2D eigenvalue weighted by Gasteiger charge is 2.38. The van der Waals surface area contributed by atoms with Crippen molar-refractivity contribution < 1.29 is 9.59 Å². The number of carbonyl (C=O) groups excluding carboxylic acids is 2. The van der Waals surface area contributed by atoms with Gasteiger partial charge in [0.15, 0.2) is 0 Å². The van der Waals surface area contributed by atoms with Crippen LogP contribution in [0.4, 0.5) is 5.69 Å². The molecule has 0 radical (unpaired) electrons. The Balaban J connectivity index is 1.57. The molecule has 6 heteroatoms. The van der Waals surface area contributed by atoms with E-state index in [4.69, 9.17) is 0 Å². The summed E-state index contributed by atoms with van der Waals surface area (Å²) >= 11 is 3.45. The number of nitrogens with one attached hydrogen (secondary N) is 1. The van der Waals surface area contributed by atoms with Gasteiger partial charge in [-0.15, -0.1) is 0 Å². The second-order valence-electron chi connectivity index (χ2n) is 7.31. The minimum Gasteiger partial charge on any atom is -0.351 e. The molecule has 0 spiro atoms. The summed E-state index contributed by atoms with van der Waals surface area (Å²) < 4.78 is 0.988. The van der Waals surface area contributed by atoms with Crippen molar-refractivity contribution in [3.63, 3.8) is 0 Å². The number of hydrogen-bond acceptors (Lipinski definition) is 3. The first-order valence-corrected chi connectivity index (χ1v) is 10.6. The van der Waals surface area contributed by atoms with Crippen LogP contribution in [0.15, 0.2) is 46.9 Å². The van der Waals surface area contributed by atoms with Crippen LogP contribution in [0.3, 0.4) is 0 Å². The van der Waals surface area contributed by atoms with E-state index < -0.39 is 0 Å². The minimum absolute atomic E-state index is 0.0884. The molecule has 2 aliphatic rings. The zero-order valence-corrected chi connectivity index (χ0v) is 17.5. The third-order valence-electron chi connectivity index (χ3n) is 5.57. The van der Waals surface area contributed by atoms with Gasteiger partial charge in [0.05, 0.1) is 11.3 Å². The standard InChI is InChI=1S/C22H24BrN3O2/c1-2-25-19-13-16(21(27)24-14-15-6-5-7-17(23)12-15)9-10-18(19)22(28)26-11-4-3-8-20(25)26/h5-7,9-10,12-13,20H,2-4,8,11,14H2,1H3,(H,24,27). The van der Waals surface area contributed by atoms with Gasteiger partial charge in [0.1, 0.15) is 6.17 Å².